The van der Waals surface area contributed by atoms with Gasteiger partial charge in [-0.15, -0.1) is 0 Å². The third kappa shape index (κ3) is 11.5. The Bertz CT molecular complexity index is 525. The summed E-state index contributed by atoms with van der Waals surface area (Å²) in [6.45, 7) is 2.22. The van der Waals surface area contributed by atoms with Crippen LogP contribution in [-0.2, 0) is 13.9 Å². The molecule has 0 aromatic heterocycles. The first kappa shape index (κ1) is 24.1. The van der Waals surface area contributed by atoms with Gasteiger partial charge >= 0.3 is 13.8 Å². The van der Waals surface area contributed by atoms with Gasteiger partial charge in [-0.3, -0.25) is 4.52 Å². The van der Waals surface area contributed by atoms with Crippen LogP contribution in [0.25, 0.3) is 0 Å². The molecule has 0 heterocycles. The molecule has 3 atom stereocenters. The van der Waals surface area contributed by atoms with Gasteiger partial charge in [0.2, 0.25) is 0 Å². The average molecular weight is 402 g/mol. The molecule has 7 heteroatoms. The summed E-state index contributed by atoms with van der Waals surface area (Å²) in [5.74, 6) is -0.0907. The van der Waals surface area contributed by atoms with E-state index in [1.807, 2.05) is 6.08 Å². The van der Waals surface area contributed by atoms with Crippen molar-refractivity contribution in [1.29, 1.82) is 0 Å². The second-order valence-electron chi connectivity index (χ2n) is 7.34. The number of phosphoric acid groups is 1. The summed E-state index contributed by atoms with van der Waals surface area (Å²) in [4.78, 5) is 28.5. The Balaban J connectivity index is 2.31. The number of hydrogen-bond donors (Lipinski definition) is 3. The van der Waals surface area contributed by atoms with Crippen LogP contribution in [0.2, 0.25) is 0 Å². The van der Waals surface area contributed by atoms with Gasteiger partial charge in [-0.05, 0) is 56.8 Å². The van der Waals surface area contributed by atoms with Crippen LogP contribution in [0.3, 0.4) is 0 Å². The summed E-state index contributed by atoms with van der Waals surface area (Å²) in [5, 5.41) is 8.95. The lowest BCUT2D eigenvalue weighted by atomic mass is 9.92. The Morgan fingerprint density at radius 2 is 1.93 bits per heavy atom. The highest BCUT2D eigenvalue weighted by molar-refractivity contribution is 7.46. The van der Waals surface area contributed by atoms with Crippen LogP contribution < -0.4 is 0 Å². The Labute approximate surface area is 162 Å². The Hall–Kier alpha value is -0.940. The normalized spacial score (nSPS) is 22.0. The van der Waals surface area contributed by atoms with Gasteiger partial charge in [0.25, 0.3) is 0 Å². The molecular formula is C20H35O6P. The van der Waals surface area contributed by atoms with Crippen molar-refractivity contribution < 1.29 is 28.8 Å². The highest BCUT2D eigenvalue weighted by Gasteiger charge is 2.27. The van der Waals surface area contributed by atoms with Crippen molar-refractivity contribution in [2.75, 3.05) is 0 Å². The van der Waals surface area contributed by atoms with E-state index < -0.39 is 19.9 Å². The molecule has 1 unspecified atom stereocenters. The van der Waals surface area contributed by atoms with Crippen molar-refractivity contribution >= 4 is 13.8 Å². The van der Waals surface area contributed by atoms with Crippen molar-refractivity contribution in [1.82, 2.24) is 0 Å². The van der Waals surface area contributed by atoms with E-state index in [2.05, 4.69) is 29.7 Å². The zero-order chi connectivity index (χ0) is 20.1. The lowest BCUT2D eigenvalue weighted by molar-refractivity contribution is -0.146. The standard InChI is InChI=1S/C20H35O6P/c1-2-3-4-5-6-8-12-17-14-11-15-18(17)13-9-7-10-16-19(20(21)22)26-27(23,24)25/h7-9,12,17-19H,2-6,10-11,13-16H2,1H3,(H,21,22)(H2,23,24,25)/t17-,18-,19?/m0/s1. The molecule has 27 heavy (non-hydrogen) atoms. The molecule has 0 radical (unpaired) electrons. The number of hydrogen-bond acceptors (Lipinski definition) is 3. The highest BCUT2D eigenvalue weighted by Crippen LogP contribution is 2.38. The van der Waals surface area contributed by atoms with Crippen molar-refractivity contribution in [3.8, 4) is 0 Å². The van der Waals surface area contributed by atoms with E-state index >= 15 is 0 Å². The van der Waals surface area contributed by atoms with Crippen LogP contribution in [-0.4, -0.2) is 27.0 Å². The number of carboxylic acids is 1. The minimum Gasteiger partial charge on any atom is -0.479 e. The Morgan fingerprint density at radius 3 is 2.59 bits per heavy atom. The summed E-state index contributed by atoms with van der Waals surface area (Å²) in [6, 6.07) is 0. The maximum absolute atomic E-state index is 11.0. The van der Waals surface area contributed by atoms with Gasteiger partial charge in [0, 0.05) is 0 Å². The van der Waals surface area contributed by atoms with E-state index in [0.29, 0.717) is 18.3 Å². The third-order valence-electron chi connectivity index (χ3n) is 5.07. The molecule has 0 saturated heterocycles. The molecule has 6 nitrogen and oxygen atoms in total. The summed E-state index contributed by atoms with van der Waals surface area (Å²) in [5.41, 5.74) is 0. The van der Waals surface area contributed by atoms with Gasteiger partial charge in [-0.25, -0.2) is 9.36 Å². The molecule has 0 spiro atoms. The zero-order valence-corrected chi connectivity index (χ0v) is 17.2. The fourth-order valence-corrected chi connectivity index (χ4v) is 4.12. The number of allylic oxidation sites excluding steroid dienone is 4. The zero-order valence-electron chi connectivity index (χ0n) is 16.3. The van der Waals surface area contributed by atoms with Crippen molar-refractivity contribution in [3.05, 3.63) is 24.3 Å². The number of unbranched alkanes of at least 4 members (excludes halogenated alkanes) is 4. The molecule has 156 valence electrons. The van der Waals surface area contributed by atoms with Gasteiger partial charge in [0.15, 0.2) is 6.10 Å². The van der Waals surface area contributed by atoms with Crippen molar-refractivity contribution in [3.63, 3.8) is 0 Å². The van der Waals surface area contributed by atoms with Crippen LogP contribution in [0.1, 0.15) is 77.6 Å². The number of phosphoric ester groups is 1. The fourth-order valence-electron chi connectivity index (χ4n) is 3.59. The fraction of sp³-hybridized carbons (Fsp3) is 0.750. The van der Waals surface area contributed by atoms with Crippen molar-refractivity contribution in [2.24, 2.45) is 11.8 Å². The molecular weight excluding hydrogens is 367 g/mol. The molecule has 1 rings (SSSR count). The molecule has 1 aliphatic rings. The Morgan fingerprint density at radius 1 is 1.15 bits per heavy atom. The largest absolute Gasteiger partial charge is 0.479 e. The first-order chi connectivity index (χ1) is 12.8. The van der Waals surface area contributed by atoms with E-state index in [4.69, 9.17) is 14.9 Å². The van der Waals surface area contributed by atoms with Crippen LogP contribution in [0.5, 0.6) is 0 Å². The molecule has 0 aliphatic heterocycles. The number of rotatable bonds is 14. The van der Waals surface area contributed by atoms with E-state index in [9.17, 15) is 9.36 Å². The van der Waals surface area contributed by atoms with Gasteiger partial charge in [-0.1, -0.05) is 56.9 Å². The minimum absolute atomic E-state index is 0.0443. The average Bonchev–Trinajstić information content (AvgIpc) is 3.03. The van der Waals surface area contributed by atoms with Gasteiger partial charge < -0.3 is 14.9 Å². The predicted molar refractivity (Wildman–Crippen MR) is 106 cm³/mol. The molecule has 0 bridgehead atoms. The second kappa shape index (κ2) is 13.3. The minimum atomic E-state index is -4.79. The van der Waals surface area contributed by atoms with Crippen molar-refractivity contribution in [2.45, 2.75) is 83.7 Å². The lowest BCUT2D eigenvalue weighted by Crippen LogP contribution is -2.22. The summed E-state index contributed by atoms with van der Waals surface area (Å²) in [6.07, 6.45) is 18.6. The molecule has 1 aliphatic carbocycles. The molecule has 0 amide bonds. The molecule has 0 aromatic rings. The first-order valence-corrected chi connectivity index (χ1v) is 11.6. The smallest absolute Gasteiger partial charge is 0.470 e. The SMILES string of the molecule is CCCCCCC=C[C@H]1CCC[C@@H]1CC=CCCC(OP(=O)(O)O)C(=O)O. The second-order valence-corrected chi connectivity index (χ2v) is 8.53. The van der Waals surface area contributed by atoms with E-state index in [-0.39, 0.29) is 6.42 Å². The molecule has 0 aromatic carbocycles. The van der Waals surface area contributed by atoms with Crippen LogP contribution in [0.4, 0.5) is 0 Å². The van der Waals surface area contributed by atoms with Crippen LogP contribution in [0.15, 0.2) is 24.3 Å². The van der Waals surface area contributed by atoms with Gasteiger partial charge in [-0.2, -0.15) is 0 Å². The maximum atomic E-state index is 11.0. The summed E-state index contributed by atoms with van der Waals surface area (Å²) >= 11 is 0. The lowest BCUT2D eigenvalue weighted by Gasteiger charge is -2.14. The topological polar surface area (TPSA) is 104 Å². The van der Waals surface area contributed by atoms with Gasteiger partial charge in [0.1, 0.15) is 0 Å². The highest BCUT2D eigenvalue weighted by atomic mass is 31.2. The Kier molecular flexibility index (Phi) is 11.8. The number of carboxylic acid groups (broad SMARTS) is 1. The van der Waals surface area contributed by atoms with Crippen LogP contribution >= 0.6 is 7.82 Å². The predicted octanol–water partition coefficient (Wildman–Crippen LogP) is 5.22. The summed E-state index contributed by atoms with van der Waals surface area (Å²) in [7, 11) is -4.79. The van der Waals surface area contributed by atoms with Gasteiger partial charge in [0.05, 0.1) is 0 Å². The first-order valence-electron chi connectivity index (χ1n) is 10.1. The molecule has 1 fully saturated rings. The van der Waals surface area contributed by atoms with E-state index in [0.717, 1.165) is 12.8 Å². The monoisotopic (exact) mass is 402 g/mol. The number of carbonyl (C=O) groups is 1. The third-order valence-corrected chi connectivity index (χ3v) is 5.60. The molecule has 3 N–H and O–H groups in total. The molecule has 1 saturated carbocycles. The van der Waals surface area contributed by atoms with Crippen LogP contribution in [0, 0.1) is 11.8 Å². The quantitative estimate of drug-likeness (QED) is 0.209. The van der Waals surface area contributed by atoms with E-state index in [1.165, 1.54) is 44.9 Å². The number of aliphatic carboxylic acids is 1. The van der Waals surface area contributed by atoms with E-state index in [1.54, 1.807) is 0 Å². The summed E-state index contributed by atoms with van der Waals surface area (Å²) < 4.78 is 15.1. The maximum Gasteiger partial charge on any atom is 0.470 e.